The molecule has 1 N–H and O–H groups in total. The lowest BCUT2D eigenvalue weighted by molar-refractivity contribution is -0.151. The molecule has 118 valence electrons. The Hall–Kier alpha value is -1.36. The van der Waals surface area contributed by atoms with Crippen molar-refractivity contribution in [2.45, 2.75) is 39.5 Å². The van der Waals surface area contributed by atoms with Crippen LogP contribution in [0.4, 0.5) is 0 Å². The molecule has 0 spiro atoms. The van der Waals surface area contributed by atoms with E-state index in [0.29, 0.717) is 26.1 Å². The van der Waals surface area contributed by atoms with Crippen molar-refractivity contribution < 1.29 is 14.7 Å². The number of amides is 1. The summed E-state index contributed by atoms with van der Waals surface area (Å²) in [5.74, 6) is -0.599. The van der Waals surface area contributed by atoms with E-state index in [9.17, 15) is 14.7 Å². The Morgan fingerprint density at radius 3 is 2.67 bits per heavy atom. The fourth-order valence-corrected chi connectivity index (χ4v) is 3.36. The number of hydrogen-bond acceptors (Lipinski definition) is 3. The molecule has 5 heteroatoms. The van der Waals surface area contributed by atoms with Gasteiger partial charge in [-0.2, -0.15) is 0 Å². The number of allylic oxidation sites excluding steroid dienone is 2. The first kappa shape index (κ1) is 16.0. The molecule has 1 unspecified atom stereocenters. The van der Waals surface area contributed by atoms with Crippen molar-refractivity contribution in [3.63, 3.8) is 0 Å². The van der Waals surface area contributed by atoms with Crippen LogP contribution in [0.25, 0.3) is 0 Å². The van der Waals surface area contributed by atoms with Crippen LogP contribution in [0, 0.1) is 11.3 Å². The molecule has 0 aromatic rings. The molecule has 1 aliphatic heterocycles. The molecule has 1 atom stereocenters. The molecule has 2 aliphatic rings. The molecule has 1 fully saturated rings. The van der Waals surface area contributed by atoms with E-state index in [1.165, 1.54) is 0 Å². The second kappa shape index (κ2) is 6.18. The molecule has 0 radical (unpaired) electrons. The van der Waals surface area contributed by atoms with E-state index < -0.39 is 11.4 Å². The highest BCUT2D eigenvalue weighted by atomic mass is 16.4. The highest BCUT2D eigenvalue weighted by Gasteiger charge is 2.47. The molecule has 1 aliphatic carbocycles. The van der Waals surface area contributed by atoms with Crippen LogP contribution in [0.3, 0.4) is 0 Å². The minimum atomic E-state index is -0.737. The summed E-state index contributed by atoms with van der Waals surface area (Å²) < 4.78 is 0. The van der Waals surface area contributed by atoms with E-state index in [-0.39, 0.29) is 11.8 Å². The van der Waals surface area contributed by atoms with Gasteiger partial charge in [-0.05, 0) is 38.1 Å². The standard InChI is InChI=1S/C16H26N2O3/c1-12(2)16(15(20)21)8-9-18(11-16)10-14(19)17(3)13-6-4-5-7-13/h6,12H,4-5,7-11H2,1-3H3,(H,20,21). The van der Waals surface area contributed by atoms with Gasteiger partial charge >= 0.3 is 5.97 Å². The summed E-state index contributed by atoms with van der Waals surface area (Å²) in [7, 11) is 1.82. The number of likely N-dealkylation sites (N-methyl/N-ethyl adjacent to an activating group) is 1. The topological polar surface area (TPSA) is 60.9 Å². The van der Waals surface area contributed by atoms with Crippen molar-refractivity contribution in [3.05, 3.63) is 11.8 Å². The molecular weight excluding hydrogens is 268 g/mol. The Bertz CT molecular complexity index is 458. The lowest BCUT2D eigenvalue weighted by atomic mass is 9.76. The van der Waals surface area contributed by atoms with E-state index in [2.05, 4.69) is 6.08 Å². The van der Waals surface area contributed by atoms with Gasteiger partial charge in [0.05, 0.1) is 12.0 Å². The van der Waals surface area contributed by atoms with Crippen molar-refractivity contribution in [3.8, 4) is 0 Å². The molecule has 5 nitrogen and oxygen atoms in total. The van der Waals surface area contributed by atoms with Crippen molar-refractivity contribution in [1.82, 2.24) is 9.80 Å². The highest BCUT2D eigenvalue weighted by molar-refractivity contribution is 5.80. The fourth-order valence-electron chi connectivity index (χ4n) is 3.36. The van der Waals surface area contributed by atoms with Crippen LogP contribution in [0.2, 0.25) is 0 Å². The van der Waals surface area contributed by atoms with Gasteiger partial charge in [0.15, 0.2) is 0 Å². The summed E-state index contributed by atoms with van der Waals surface area (Å²) in [5, 5.41) is 9.54. The number of rotatable bonds is 5. The van der Waals surface area contributed by atoms with E-state index in [4.69, 9.17) is 0 Å². The molecule has 0 bridgehead atoms. The first-order chi connectivity index (χ1) is 9.86. The van der Waals surface area contributed by atoms with E-state index in [1.807, 2.05) is 25.8 Å². The molecule has 0 saturated carbocycles. The summed E-state index contributed by atoms with van der Waals surface area (Å²) in [5.41, 5.74) is 0.401. The number of aliphatic carboxylic acids is 1. The van der Waals surface area contributed by atoms with Gasteiger partial charge in [-0.25, -0.2) is 0 Å². The summed E-state index contributed by atoms with van der Waals surface area (Å²) in [6.07, 6.45) is 5.88. The Kier molecular flexibility index (Phi) is 4.71. The fraction of sp³-hybridized carbons (Fsp3) is 0.750. The number of carboxylic acids is 1. The number of carboxylic acid groups (broad SMARTS) is 1. The van der Waals surface area contributed by atoms with Crippen LogP contribution in [0.15, 0.2) is 11.8 Å². The SMILES string of the molecule is CC(C)C1(C(=O)O)CCN(CC(=O)N(C)C2=CCCC2)C1. The van der Waals surface area contributed by atoms with Crippen LogP contribution in [-0.2, 0) is 9.59 Å². The zero-order valence-corrected chi connectivity index (χ0v) is 13.3. The van der Waals surface area contributed by atoms with E-state index >= 15 is 0 Å². The molecule has 0 aromatic carbocycles. The minimum Gasteiger partial charge on any atom is -0.481 e. The van der Waals surface area contributed by atoms with Gasteiger partial charge in [-0.1, -0.05) is 19.9 Å². The van der Waals surface area contributed by atoms with Crippen molar-refractivity contribution in [2.75, 3.05) is 26.7 Å². The summed E-state index contributed by atoms with van der Waals surface area (Å²) in [6, 6.07) is 0. The number of carbonyl (C=O) groups excluding carboxylic acids is 1. The summed E-state index contributed by atoms with van der Waals surface area (Å²) in [4.78, 5) is 27.7. The molecular formula is C16H26N2O3. The average molecular weight is 294 g/mol. The quantitative estimate of drug-likeness (QED) is 0.842. The molecule has 1 amide bonds. The molecule has 0 aromatic heterocycles. The van der Waals surface area contributed by atoms with Gasteiger partial charge in [-0.3, -0.25) is 14.5 Å². The first-order valence-electron chi connectivity index (χ1n) is 7.78. The number of likely N-dealkylation sites (tertiary alicyclic amines) is 1. The minimum absolute atomic E-state index is 0.0631. The van der Waals surface area contributed by atoms with Crippen molar-refractivity contribution in [2.24, 2.45) is 11.3 Å². The van der Waals surface area contributed by atoms with Gasteiger partial charge < -0.3 is 10.0 Å². The van der Waals surface area contributed by atoms with Crippen molar-refractivity contribution >= 4 is 11.9 Å². The van der Waals surface area contributed by atoms with Gasteiger partial charge in [0, 0.05) is 19.3 Å². The number of carbonyl (C=O) groups is 2. The van der Waals surface area contributed by atoms with Crippen LogP contribution < -0.4 is 0 Å². The van der Waals surface area contributed by atoms with Gasteiger partial charge in [0.25, 0.3) is 0 Å². The monoisotopic (exact) mass is 294 g/mol. The largest absolute Gasteiger partial charge is 0.481 e. The second-order valence-electron chi connectivity index (χ2n) is 6.62. The molecule has 1 heterocycles. The molecule has 1 saturated heterocycles. The lowest BCUT2D eigenvalue weighted by Crippen LogP contribution is -2.42. The molecule has 21 heavy (non-hydrogen) atoms. The predicted molar refractivity (Wildman–Crippen MR) is 80.7 cm³/mol. The van der Waals surface area contributed by atoms with E-state index in [1.54, 1.807) is 4.90 Å². The van der Waals surface area contributed by atoms with Gasteiger partial charge in [0.2, 0.25) is 5.91 Å². The normalized spacial score (nSPS) is 26.2. The van der Waals surface area contributed by atoms with Gasteiger partial charge in [0.1, 0.15) is 0 Å². The maximum absolute atomic E-state index is 12.3. The first-order valence-corrected chi connectivity index (χ1v) is 7.78. The zero-order valence-electron chi connectivity index (χ0n) is 13.3. The predicted octanol–water partition coefficient (Wildman–Crippen LogP) is 1.95. The Balaban J connectivity index is 1.96. The van der Waals surface area contributed by atoms with Crippen molar-refractivity contribution in [1.29, 1.82) is 0 Å². The summed E-state index contributed by atoms with van der Waals surface area (Å²) in [6.45, 7) is 5.38. The summed E-state index contributed by atoms with van der Waals surface area (Å²) >= 11 is 0. The maximum Gasteiger partial charge on any atom is 0.311 e. The molecule has 2 rings (SSSR count). The second-order valence-corrected chi connectivity index (χ2v) is 6.62. The van der Waals surface area contributed by atoms with Gasteiger partial charge in [-0.15, -0.1) is 0 Å². The van der Waals surface area contributed by atoms with Crippen LogP contribution in [-0.4, -0.2) is 53.5 Å². The van der Waals surface area contributed by atoms with Crippen LogP contribution in [0.1, 0.15) is 39.5 Å². The number of hydrogen-bond donors (Lipinski definition) is 1. The third-order valence-corrected chi connectivity index (χ3v) is 5.09. The lowest BCUT2D eigenvalue weighted by Gasteiger charge is -2.29. The average Bonchev–Trinajstić information content (AvgIpc) is 3.07. The smallest absolute Gasteiger partial charge is 0.311 e. The Morgan fingerprint density at radius 1 is 1.48 bits per heavy atom. The third-order valence-electron chi connectivity index (χ3n) is 5.09. The van der Waals surface area contributed by atoms with Crippen LogP contribution >= 0.6 is 0 Å². The highest BCUT2D eigenvalue weighted by Crippen LogP contribution is 2.38. The zero-order chi connectivity index (χ0) is 15.6. The van der Waals surface area contributed by atoms with E-state index in [0.717, 1.165) is 25.0 Å². The Morgan fingerprint density at radius 2 is 2.19 bits per heavy atom. The van der Waals surface area contributed by atoms with Crippen LogP contribution in [0.5, 0.6) is 0 Å². The maximum atomic E-state index is 12.3. The number of nitrogens with zero attached hydrogens (tertiary/aromatic N) is 2. The third kappa shape index (κ3) is 3.12. The Labute approximate surface area is 126 Å².